The molecule has 2 heteroatoms. The zero-order valence-corrected chi connectivity index (χ0v) is 14.5. The highest BCUT2D eigenvalue weighted by atomic mass is 16.5. The van der Waals surface area contributed by atoms with Crippen molar-refractivity contribution in [3.8, 4) is 0 Å². The molecular formula is C19H37O2. The van der Waals surface area contributed by atoms with Gasteiger partial charge in [-0.25, -0.2) is 0 Å². The Hall–Kier alpha value is -0.530. The van der Waals surface area contributed by atoms with E-state index in [2.05, 4.69) is 13.8 Å². The Morgan fingerprint density at radius 2 is 1.19 bits per heavy atom. The van der Waals surface area contributed by atoms with Crippen LogP contribution >= 0.6 is 0 Å². The molecule has 0 atom stereocenters. The summed E-state index contributed by atoms with van der Waals surface area (Å²) in [5, 5.41) is 0. The number of hydrogen-bond donors (Lipinski definition) is 0. The van der Waals surface area contributed by atoms with Crippen LogP contribution in [0.1, 0.15) is 110 Å². The molecule has 0 aromatic heterocycles. The number of rotatable bonds is 16. The van der Waals surface area contributed by atoms with Crippen LogP contribution in [0.15, 0.2) is 0 Å². The standard InChI is InChI=1S/C19H37O2/c1-3-5-7-9-11-12-13-15-17-19(20)21-18-16-14-10-8-6-4-2/h18H,3-17H2,1-2H3. The van der Waals surface area contributed by atoms with Gasteiger partial charge in [-0.15, -0.1) is 0 Å². The van der Waals surface area contributed by atoms with Crippen LogP contribution in [0.25, 0.3) is 0 Å². The van der Waals surface area contributed by atoms with Crippen LogP contribution < -0.4 is 0 Å². The average Bonchev–Trinajstić information content (AvgIpc) is 2.49. The number of esters is 1. The summed E-state index contributed by atoms with van der Waals surface area (Å²) in [4.78, 5) is 11.5. The summed E-state index contributed by atoms with van der Waals surface area (Å²) in [7, 11) is 0. The molecule has 0 aliphatic heterocycles. The van der Waals surface area contributed by atoms with Crippen molar-refractivity contribution in [2.75, 3.05) is 0 Å². The number of hydrogen-bond acceptors (Lipinski definition) is 2. The Bertz CT molecular complexity index is 214. The first-order chi connectivity index (χ1) is 10.3. The predicted octanol–water partition coefficient (Wildman–Crippen LogP) is 6.58. The predicted molar refractivity (Wildman–Crippen MR) is 91.0 cm³/mol. The van der Waals surface area contributed by atoms with Crippen molar-refractivity contribution in [2.45, 2.75) is 110 Å². The monoisotopic (exact) mass is 297 g/mol. The normalized spacial score (nSPS) is 10.8. The molecule has 0 amide bonds. The Morgan fingerprint density at radius 3 is 1.76 bits per heavy atom. The third-order valence-corrected chi connectivity index (χ3v) is 3.87. The number of unbranched alkanes of at least 4 members (excludes halogenated alkanes) is 12. The number of carbonyl (C=O) groups is 1. The molecular weight excluding hydrogens is 260 g/mol. The van der Waals surface area contributed by atoms with Gasteiger partial charge in [0.05, 0.1) is 0 Å². The second-order valence-electron chi connectivity index (χ2n) is 6.08. The third kappa shape index (κ3) is 17.4. The first kappa shape index (κ1) is 20.5. The summed E-state index contributed by atoms with van der Waals surface area (Å²) < 4.78 is 5.14. The van der Waals surface area contributed by atoms with E-state index in [0.717, 1.165) is 25.7 Å². The minimum absolute atomic E-state index is 0.0467. The van der Waals surface area contributed by atoms with E-state index in [1.54, 1.807) is 6.61 Å². The van der Waals surface area contributed by atoms with Crippen molar-refractivity contribution in [3.63, 3.8) is 0 Å². The van der Waals surface area contributed by atoms with E-state index >= 15 is 0 Å². The Morgan fingerprint density at radius 1 is 0.714 bits per heavy atom. The minimum atomic E-state index is -0.0467. The van der Waals surface area contributed by atoms with Crippen LogP contribution in [-0.2, 0) is 9.53 Å². The number of carbonyl (C=O) groups excluding carboxylic acids is 1. The van der Waals surface area contributed by atoms with Crippen molar-refractivity contribution in [1.29, 1.82) is 0 Å². The summed E-state index contributed by atoms with van der Waals surface area (Å²) in [5.41, 5.74) is 0. The largest absolute Gasteiger partial charge is 0.458 e. The van der Waals surface area contributed by atoms with Gasteiger partial charge >= 0.3 is 5.97 Å². The molecule has 0 saturated carbocycles. The highest BCUT2D eigenvalue weighted by molar-refractivity contribution is 5.69. The van der Waals surface area contributed by atoms with E-state index < -0.39 is 0 Å². The van der Waals surface area contributed by atoms with Crippen LogP contribution in [0.2, 0.25) is 0 Å². The molecule has 1 radical (unpaired) electrons. The molecule has 125 valence electrons. The van der Waals surface area contributed by atoms with Gasteiger partial charge in [-0.05, 0) is 19.3 Å². The van der Waals surface area contributed by atoms with Gasteiger partial charge in [0.25, 0.3) is 0 Å². The molecule has 0 aliphatic carbocycles. The molecule has 0 aromatic rings. The lowest BCUT2D eigenvalue weighted by Crippen LogP contribution is -2.02. The summed E-state index contributed by atoms with van der Waals surface area (Å²) in [5.74, 6) is -0.0467. The molecule has 0 bridgehead atoms. The van der Waals surface area contributed by atoms with E-state index in [0.29, 0.717) is 6.42 Å². The summed E-state index contributed by atoms with van der Waals surface area (Å²) in [6, 6.07) is 0. The van der Waals surface area contributed by atoms with Crippen molar-refractivity contribution in [1.82, 2.24) is 0 Å². The van der Waals surface area contributed by atoms with Gasteiger partial charge in [-0.3, -0.25) is 4.79 Å². The maximum Gasteiger partial charge on any atom is 0.306 e. The lowest BCUT2D eigenvalue weighted by atomic mass is 10.1. The number of ether oxygens (including phenoxy) is 1. The molecule has 0 N–H and O–H groups in total. The molecule has 0 unspecified atom stereocenters. The van der Waals surface area contributed by atoms with Gasteiger partial charge in [-0.1, -0.05) is 84.5 Å². The Kier molecular flexibility index (Phi) is 17.1. The first-order valence-corrected chi connectivity index (χ1v) is 9.32. The fourth-order valence-electron chi connectivity index (χ4n) is 2.45. The molecule has 0 rings (SSSR count). The van der Waals surface area contributed by atoms with E-state index in [4.69, 9.17) is 4.74 Å². The van der Waals surface area contributed by atoms with E-state index in [1.807, 2.05) is 0 Å². The topological polar surface area (TPSA) is 26.3 Å². The van der Waals surface area contributed by atoms with Gasteiger partial charge in [0.2, 0.25) is 0 Å². The second-order valence-corrected chi connectivity index (χ2v) is 6.08. The third-order valence-electron chi connectivity index (χ3n) is 3.87. The Labute approximate surface area is 133 Å². The molecule has 0 fully saturated rings. The fourth-order valence-corrected chi connectivity index (χ4v) is 2.45. The van der Waals surface area contributed by atoms with Gasteiger partial charge in [-0.2, -0.15) is 0 Å². The van der Waals surface area contributed by atoms with Crippen molar-refractivity contribution in [2.24, 2.45) is 0 Å². The van der Waals surface area contributed by atoms with Gasteiger partial charge in [0, 0.05) is 6.42 Å². The van der Waals surface area contributed by atoms with Crippen molar-refractivity contribution < 1.29 is 9.53 Å². The second kappa shape index (κ2) is 17.5. The molecule has 2 nitrogen and oxygen atoms in total. The fraction of sp³-hybridized carbons (Fsp3) is 0.895. The molecule has 0 spiro atoms. The van der Waals surface area contributed by atoms with Crippen LogP contribution in [-0.4, -0.2) is 5.97 Å². The highest BCUT2D eigenvalue weighted by Gasteiger charge is 2.02. The Balaban J connectivity index is 3.13. The zero-order valence-electron chi connectivity index (χ0n) is 14.5. The average molecular weight is 298 g/mol. The van der Waals surface area contributed by atoms with Crippen LogP contribution in [0.5, 0.6) is 0 Å². The minimum Gasteiger partial charge on any atom is -0.458 e. The molecule has 0 heterocycles. The first-order valence-electron chi connectivity index (χ1n) is 9.32. The maximum absolute atomic E-state index is 11.5. The molecule has 0 aliphatic rings. The van der Waals surface area contributed by atoms with Crippen LogP contribution in [0.3, 0.4) is 0 Å². The molecule has 21 heavy (non-hydrogen) atoms. The quantitative estimate of drug-likeness (QED) is 0.237. The van der Waals surface area contributed by atoms with E-state index in [-0.39, 0.29) is 5.97 Å². The smallest absolute Gasteiger partial charge is 0.306 e. The maximum atomic E-state index is 11.5. The van der Waals surface area contributed by atoms with Gasteiger partial charge < -0.3 is 4.74 Å². The van der Waals surface area contributed by atoms with E-state index in [9.17, 15) is 4.79 Å². The van der Waals surface area contributed by atoms with Gasteiger partial charge in [0.1, 0.15) is 6.61 Å². The molecule has 0 saturated heterocycles. The summed E-state index contributed by atoms with van der Waals surface area (Å²) in [6.07, 6.45) is 17.9. The summed E-state index contributed by atoms with van der Waals surface area (Å²) >= 11 is 0. The zero-order chi connectivity index (χ0) is 15.6. The van der Waals surface area contributed by atoms with Crippen molar-refractivity contribution in [3.05, 3.63) is 6.61 Å². The lowest BCUT2D eigenvalue weighted by molar-refractivity contribution is -0.140. The van der Waals surface area contributed by atoms with Gasteiger partial charge in [0.15, 0.2) is 0 Å². The van der Waals surface area contributed by atoms with Crippen molar-refractivity contribution >= 4 is 5.97 Å². The highest BCUT2D eigenvalue weighted by Crippen LogP contribution is 2.11. The summed E-state index contributed by atoms with van der Waals surface area (Å²) in [6.45, 7) is 6.17. The molecule has 0 aromatic carbocycles. The lowest BCUT2D eigenvalue weighted by Gasteiger charge is -2.04. The SMILES string of the molecule is CCCCCCC[CH]OC(=O)CCCCCCCCCC. The van der Waals surface area contributed by atoms with E-state index in [1.165, 1.54) is 64.2 Å². The van der Waals surface area contributed by atoms with Crippen LogP contribution in [0, 0.1) is 6.61 Å². The van der Waals surface area contributed by atoms with Crippen LogP contribution in [0.4, 0.5) is 0 Å².